The van der Waals surface area contributed by atoms with Crippen molar-refractivity contribution >= 4 is 11.9 Å². The fourth-order valence-corrected chi connectivity index (χ4v) is 2.80. The van der Waals surface area contributed by atoms with Crippen LogP contribution in [0.4, 0.5) is 4.79 Å². The average molecular weight is 321 g/mol. The minimum atomic E-state index is -0.343. The summed E-state index contributed by atoms with van der Waals surface area (Å²) in [5, 5.41) is 10.0. The molecule has 1 fully saturated rings. The van der Waals surface area contributed by atoms with E-state index in [4.69, 9.17) is 0 Å². The van der Waals surface area contributed by atoms with Crippen LogP contribution in [0, 0.1) is 5.92 Å². The van der Waals surface area contributed by atoms with Crippen LogP contribution in [0.3, 0.4) is 0 Å². The van der Waals surface area contributed by atoms with Crippen LogP contribution in [0.2, 0.25) is 0 Å². The van der Waals surface area contributed by atoms with E-state index in [1.165, 1.54) is 0 Å². The van der Waals surface area contributed by atoms with Crippen LogP contribution in [-0.4, -0.2) is 45.2 Å². The van der Waals surface area contributed by atoms with Gasteiger partial charge in [-0.1, -0.05) is 13.8 Å². The molecule has 1 aromatic heterocycles. The molecule has 23 heavy (non-hydrogen) atoms. The van der Waals surface area contributed by atoms with E-state index in [0.29, 0.717) is 32.0 Å². The Balaban J connectivity index is 1.94. The molecule has 128 valence electrons. The van der Waals surface area contributed by atoms with Crippen LogP contribution >= 0.6 is 0 Å². The number of aryl methyl sites for hydroxylation is 1. The fourth-order valence-electron chi connectivity index (χ4n) is 2.80. The second kappa shape index (κ2) is 7.02. The van der Waals surface area contributed by atoms with Crippen molar-refractivity contribution in [2.75, 3.05) is 13.1 Å². The van der Waals surface area contributed by atoms with E-state index < -0.39 is 0 Å². The number of rotatable bonds is 6. The van der Waals surface area contributed by atoms with E-state index in [0.717, 1.165) is 12.0 Å². The van der Waals surface area contributed by atoms with Gasteiger partial charge < -0.3 is 15.5 Å². The monoisotopic (exact) mass is 321 g/mol. The van der Waals surface area contributed by atoms with Gasteiger partial charge in [0.15, 0.2) is 0 Å². The fraction of sp³-hybridized carbons (Fsp3) is 0.688. The van der Waals surface area contributed by atoms with Gasteiger partial charge in [-0.05, 0) is 19.3 Å². The van der Waals surface area contributed by atoms with Gasteiger partial charge in [0.2, 0.25) is 5.91 Å². The predicted octanol–water partition coefficient (Wildman–Crippen LogP) is 1.26. The van der Waals surface area contributed by atoms with Crippen LogP contribution in [0.25, 0.3) is 0 Å². The maximum absolute atomic E-state index is 12.5. The molecule has 3 amide bonds. The molecule has 0 aliphatic carbocycles. The number of hydrogen-bond acceptors (Lipinski definition) is 3. The average Bonchev–Trinajstić information content (AvgIpc) is 3.01. The van der Waals surface area contributed by atoms with Crippen molar-refractivity contribution in [2.24, 2.45) is 13.0 Å². The second-order valence-electron chi connectivity index (χ2n) is 7.06. The van der Waals surface area contributed by atoms with Gasteiger partial charge in [-0.3, -0.25) is 9.48 Å². The quantitative estimate of drug-likeness (QED) is 0.828. The second-order valence-corrected chi connectivity index (χ2v) is 7.06. The zero-order valence-electron chi connectivity index (χ0n) is 14.4. The van der Waals surface area contributed by atoms with Crippen molar-refractivity contribution in [1.29, 1.82) is 0 Å². The molecule has 2 heterocycles. The normalized spacial score (nSPS) is 20.7. The lowest BCUT2D eigenvalue weighted by Gasteiger charge is -2.28. The third-order valence-electron chi connectivity index (χ3n) is 3.98. The van der Waals surface area contributed by atoms with Gasteiger partial charge in [-0.15, -0.1) is 0 Å². The Morgan fingerprint density at radius 2 is 2.30 bits per heavy atom. The van der Waals surface area contributed by atoms with E-state index in [1.807, 2.05) is 20.2 Å². The van der Waals surface area contributed by atoms with Crippen LogP contribution in [0.15, 0.2) is 12.4 Å². The third kappa shape index (κ3) is 4.97. The molecule has 7 nitrogen and oxygen atoms in total. The van der Waals surface area contributed by atoms with Crippen molar-refractivity contribution < 1.29 is 9.59 Å². The first-order valence-electron chi connectivity index (χ1n) is 8.09. The highest BCUT2D eigenvalue weighted by Crippen LogP contribution is 2.18. The first-order chi connectivity index (χ1) is 10.8. The third-order valence-corrected chi connectivity index (χ3v) is 3.98. The lowest BCUT2D eigenvalue weighted by Crippen LogP contribution is -2.51. The molecule has 0 saturated carbocycles. The molecule has 0 radical (unpaired) electrons. The maximum Gasteiger partial charge on any atom is 0.317 e. The number of amides is 3. The number of urea groups is 1. The van der Waals surface area contributed by atoms with Crippen molar-refractivity contribution in [3.8, 4) is 0 Å². The summed E-state index contributed by atoms with van der Waals surface area (Å²) in [6.45, 7) is 7.78. The summed E-state index contributed by atoms with van der Waals surface area (Å²) in [6, 6.07) is -0.107. The molecule has 2 N–H and O–H groups in total. The highest BCUT2D eigenvalue weighted by molar-refractivity contribution is 5.80. The van der Waals surface area contributed by atoms with E-state index in [9.17, 15) is 9.59 Å². The molecule has 1 unspecified atom stereocenters. The maximum atomic E-state index is 12.5. The summed E-state index contributed by atoms with van der Waals surface area (Å²) in [7, 11) is 1.86. The van der Waals surface area contributed by atoms with E-state index in [-0.39, 0.29) is 17.5 Å². The number of nitrogens with one attached hydrogen (secondary N) is 2. The highest BCUT2D eigenvalue weighted by atomic mass is 16.2. The molecule has 1 aliphatic rings. The van der Waals surface area contributed by atoms with Gasteiger partial charge in [0.25, 0.3) is 0 Å². The molecule has 0 aromatic carbocycles. The minimum Gasteiger partial charge on any atom is -0.349 e. The Morgan fingerprint density at radius 3 is 2.83 bits per heavy atom. The van der Waals surface area contributed by atoms with Crippen LogP contribution in [0.5, 0.6) is 0 Å². The number of hydrogen-bond donors (Lipinski definition) is 2. The molecule has 0 spiro atoms. The van der Waals surface area contributed by atoms with E-state index in [1.54, 1.807) is 15.8 Å². The molecule has 1 saturated heterocycles. The molecule has 1 aliphatic heterocycles. The molecule has 7 heteroatoms. The molecule has 1 atom stereocenters. The summed E-state index contributed by atoms with van der Waals surface area (Å²) < 4.78 is 1.73. The molecule has 1 aromatic rings. The molecule has 2 rings (SSSR count). The first-order valence-corrected chi connectivity index (χ1v) is 8.09. The number of aromatic nitrogens is 2. The zero-order chi connectivity index (χ0) is 17.0. The highest BCUT2D eigenvalue weighted by Gasteiger charge is 2.33. The minimum absolute atomic E-state index is 0.0520. The largest absolute Gasteiger partial charge is 0.349 e. The van der Waals surface area contributed by atoms with Gasteiger partial charge in [0, 0.05) is 38.3 Å². The van der Waals surface area contributed by atoms with Crippen LogP contribution in [-0.2, 0) is 18.4 Å². The predicted molar refractivity (Wildman–Crippen MR) is 87.6 cm³/mol. The van der Waals surface area contributed by atoms with Gasteiger partial charge in [0.05, 0.1) is 18.3 Å². The van der Waals surface area contributed by atoms with E-state index in [2.05, 4.69) is 29.6 Å². The topological polar surface area (TPSA) is 79.3 Å². The Bertz CT molecular complexity index is 569. The van der Waals surface area contributed by atoms with Crippen LogP contribution in [0.1, 0.15) is 39.2 Å². The van der Waals surface area contributed by atoms with Gasteiger partial charge in [-0.2, -0.15) is 5.10 Å². The standard InChI is InChI=1S/C16H27N5O2/c1-12(2)8-21(10-13-7-18-20(4)9-13)15(23)17-11-16(3)6-5-14(22)19-16/h7,9,12H,5-6,8,10-11H2,1-4H3,(H,17,23)(H,19,22). The summed E-state index contributed by atoms with van der Waals surface area (Å²) in [5.74, 6) is 0.426. The molecular weight excluding hydrogens is 294 g/mol. The Hall–Kier alpha value is -2.05. The number of nitrogens with zero attached hydrogens (tertiary/aromatic N) is 3. The number of carbonyl (C=O) groups is 2. The van der Waals surface area contributed by atoms with Gasteiger partial charge in [0.1, 0.15) is 0 Å². The molecule has 0 bridgehead atoms. The van der Waals surface area contributed by atoms with Crippen LogP contribution < -0.4 is 10.6 Å². The SMILES string of the molecule is CC(C)CN(Cc1cnn(C)c1)C(=O)NCC1(C)CCC(=O)N1. The van der Waals surface area contributed by atoms with E-state index >= 15 is 0 Å². The van der Waals surface area contributed by atoms with Crippen molar-refractivity contribution in [2.45, 2.75) is 45.7 Å². The van der Waals surface area contributed by atoms with Gasteiger partial charge >= 0.3 is 6.03 Å². The summed E-state index contributed by atoms with van der Waals surface area (Å²) in [6.07, 6.45) is 4.97. The lowest BCUT2D eigenvalue weighted by molar-refractivity contribution is -0.119. The van der Waals surface area contributed by atoms with Gasteiger partial charge in [-0.25, -0.2) is 4.79 Å². The van der Waals surface area contributed by atoms with Crippen molar-refractivity contribution in [3.63, 3.8) is 0 Å². The molecular formula is C16H27N5O2. The lowest BCUT2D eigenvalue weighted by atomic mass is 10.0. The van der Waals surface area contributed by atoms with Crippen molar-refractivity contribution in [1.82, 2.24) is 25.3 Å². The summed E-state index contributed by atoms with van der Waals surface area (Å²) in [5.41, 5.74) is 0.661. The zero-order valence-corrected chi connectivity index (χ0v) is 14.4. The smallest absolute Gasteiger partial charge is 0.317 e. The summed E-state index contributed by atoms with van der Waals surface area (Å²) in [4.78, 5) is 25.7. The van der Waals surface area contributed by atoms with Crippen molar-refractivity contribution in [3.05, 3.63) is 18.0 Å². The Kier molecular flexibility index (Phi) is 5.28. The Labute approximate surface area is 137 Å². The summed E-state index contributed by atoms with van der Waals surface area (Å²) >= 11 is 0. The first kappa shape index (κ1) is 17.3. The Morgan fingerprint density at radius 1 is 1.57 bits per heavy atom. The number of carbonyl (C=O) groups excluding carboxylic acids is 2.